The molecule has 4 N–H and O–H groups in total. The number of anilines is 1. The minimum atomic E-state index is -0.126. The molecule has 114 valence electrons. The Kier molecular flexibility index (Phi) is 5.33. The van der Waals surface area contributed by atoms with Crippen molar-refractivity contribution in [2.75, 3.05) is 11.9 Å². The highest BCUT2D eigenvalue weighted by molar-refractivity contribution is 6.03. The molecule has 1 saturated carbocycles. The van der Waals surface area contributed by atoms with Crippen LogP contribution >= 0.6 is 0 Å². The fourth-order valence-corrected chi connectivity index (χ4v) is 2.14. The van der Waals surface area contributed by atoms with Crippen LogP contribution in [0.15, 0.2) is 24.3 Å². The Morgan fingerprint density at radius 2 is 2.05 bits per heavy atom. The first-order chi connectivity index (χ1) is 10.1. The summed E-state index contributed by atoms with van der Waals surface area (Å²) in [5, 5.41) is 5.77. The molecule has 0 saturated heterocycles. The van der Waals surface area contributed by atoms with Crippen molar-refractivity contribution in [2.24, 2.45) is 11.7 Å². The summed E-state index contributed by atoms with van der Waals surface area (Å²) in [6.45, 7) is 2.51. The van der Waals surface area contributed by atoms with Crippen molar-refractivity contribution in [2.45, 2.75) is 38.6 Å². The van der Waals surface area contributed by atoms with Gasteiger partial charge in [-0.15, -0.1) is 0 Å². The van der Waals surface area contributed by atoms with Gasteiger partial charge in [0.25, 0.3) is 5.91 Å². The Bertz CT molecular complexity index is 508. The van der Waals surface area contributed by atoms with E-state index in [9.17, 15) is 9.59 Å². The van der Waals surface area contributed by atoms with E-state index in [1.165, 1.54) is 0 Å². The van der Waals surface area contributed by atoms with E-state index >= 15 is 0 Å². The van der Waals surface area contributed by atoms with E-state index in [4.69, 9.17) is 5.73 Å². The molecular weight excluding hydrogens is 266 g/mol. The van der Waals surface area contributed by atoms with Crippen LogP contribution in [0.3, 0.4) is 0 Å². The van der Waals surface area contributed by atoms with Gasteiger partial charge in [-0.3, -0.25) is 9.59 Å². The summed E-state index contributed by atoms with van der Waals surface area (Å²) in [4.78, 5) is 24.2. The van der Waals surface area contributed by atoms with Crippen LogP contribution < -0.4 is 16.4 Å². The molecule has 0 radical (unpaired) electrons. The molecule has 0 bridgehead atoms. The zero-order valence-corrected chi connectivity index (χ0v) is 12.4. The predicted octanol–water partition coefficient (Wildman–Crippen LogP) is 1.89. The van der Waals surface area contributed by atoms with E-state index in [2.05, 4.69) is 10.6 Å². The van der Waals surface area contributed by atoms with Gasteiger partial charge in [0.2, 0.25) is 5.91 Å². The predicted molar refractivity (Wildman–Crippen MR) is 83.0 cm³/mol. The van der Waals surface area contributed by atoms with E-state index in [1.54, 1.807) is 18.2 Å². The van der Waals surface area contributed by atoms with Crippen molar-refractivity contribution >= 4 is 17.5 Å². The van der Waals surface area contributed by atoms with E-state index < -0.39 is 0 Å². The zero-order valence-electron chi connectivity index (χ0n) is 12.4. The SMILES string of the molecule is CCC(CN)CC(=O)Nc1ccccc1C(=O)NC1CC1. The molecule has 1 atom stereocenters. The number of hydrogen-bond acceptors (Lipinski definition) is 3. The maximum absolute atomic E-state index is 12.1. The second kappa shape index (κ2) is 7.22. The van der Waals surface area contributed by atoms with Gasteiger partial charge in [-0.2, -0.15) is 0 Å². The lowest BCUT2D eigenvalue weighted by Crippen LogP contribution is -2.27. The van der Waals surface area contributed by atoms with Gasteiger partial charge in [0.1, 0.15) is 0 Å². The topological polar surface area (TPSA) is 84.2 Å². The van der Waals surface area contributed by atoms with Crippen molar-refractivity contribution in [3.8, 4) is 0 Å². The largest absolute Gasteiger partial charge is 0.349 e. The van der Waals surface area contributed by atoms with Gasteiger partial charge in [-0.25, -0.2) is 0 Å². The van der Waals surface area contributed by atoms with Crippen LogP contribution in [0.5, 0.6) is 0 Å². The molecule has 5 nitrogen and oxygen atoms in total. The van der Waals surface area contributed by atoms with E-state index in [-0.39, 0.29) is 17.7 Å². The lowest BCUT2D eigenvalue weighted by atomic mass is 10.0. The molecule has 2 amide bonds. The average Bonchev–Trinajstić information content (AvgIpc) is 3.29. The molecule has 1 aromatic carbocycles. The van der Waals surface area contributed by atoms with Gasteiger partial charge < -0.3 is 16.4 Å². The summed E-state index contributed by atoms with van der Waals surface area (Å²) in [7, 11) is 0. The number of carbonyl (C=O) groups excluding carboxylic acids is 2. The molecule has 5 heteroatoms. The monoisotopic (exact) mass is 289 g/mol. The number of nitrogens with one attached hydrogen (secondary N) is 2. The summed E-state index contributed by atoms with van der Waals surface area (Å²) in [5.41, 5.74) is 6.70. The maximum atomic E-state index is 12.1. The molecule has 1 fully saturated rings. The van der Waals surface area contributed by atoms with Crippen LogP contribution in [-0.4, -0.2) is 24.4 Å². The third-order valence-electron chi connectivity index (χ3n) is 3.74. The Hall–Kier alpha value is -1.88. The van der Waals surface area contributed by atoms with Crippen molar-refractivity contribution in [1.29, 1.82) is 0 Å². The Morgan fingerprint density at radius 1 is 1.33 bits per heavy atom. The van der Waals surface area contributed by atoms with Crippen LogP contribution in [0.4, 0.5) is 5.69 Å². The molecule has 0 aromatic heterocycles. The maximum Gasteiger partial charge on any atom is 0.253 e. The first kappa shape index (κ1) is 15.5. The quantitative estimate of drug-likeness (QED) is 0.716. The number of carbonyl (C=O) groups is 2. The minimum Gasteiger partial charge on any atom is -0.349 e. The highest BCUT2D eigenvalue weighted by atomic mass is 16.2. The molecule has 1 aliphatic rings. The standard InChI is InChI=1S/C16H23N3O2/c1-2-11(10-17)9-15(20)19-14-6-4-3-5-13(14)16(21)18-12-7-8-12/h3-6,11-12H,2,7-10,17H2,1H3,(H,18,21)(H,19,20). The Labute approximate surface area is 125 Å². The van der Waals surface area contributed by atoms with Crippen LogP contribution in [0.2, 0.25) is 0 Å². The molecule has 0 spiro atoms. The second-order valence-electron chi connectivity index (χ2n) is 5.56. The van der Waals surface area contributed by atoms with Gasteiger partial charge in [0.15, 0.2) is 0 Å². The third-order valence-corrected chi connectivity index (χ3v) is 3.74. The lowest BCUT2D eigenvalue weighted by Gasteiger charge is -2.14. The number of rotatable bonds is 7. The molecule has 2 rings (SSSR count). The zero-order chi connectivity index (χ0) is 15.2. The van der Waals surface area contributed by atoms with Gasteiger partial charge in [0.05, 0.1) is 11.3 Å². The average molecular weight is 289 g/mol. The van der Waals surface area contributed by atoms with Crippen LogP contribution in [0.1, 0.15) is 43.0 Å². The highest BCUT2D eigenvalue weighted by Crippen LogP contribution is 2.22. The summed E-state index contributed by atoms with van der Waals surface area (Å²) in [5.74, 6) is -0.0457. The van der Waals surface area contributed by atoms with E-state index in [0.29, 0.717) is 30.3 Å². The summed E-state index contributed by atoms with van der Waals surface area (Å²) in [6.07, 6.45) is 3.32. The van der Waals surface area contributed by atoms with Crippen molar-refractivity contribution in [3.63, 3.8) is 0 Å². The normalized spacial score (nSPS) is 15.3. The lowest BCUT2D eigenvalue weighted by molar-refractivity contribution is -0.117. The first-order valence-electron chi connectivity index (χ1n) is 7.53. The van der Waals surface area contributed by atoms with Crippen LogP contribution in [0.25, 0.3) is 0 Å². The van der Waals surface area contributed by atoms with Crippen LogP contribution in [-0.2, 0) is 4.79 Å². The summed E-state index contributed by atoms with van der Waals surface area (Å²) in [6, 6.07) is 7.38. The van der Waals surface area contributed by atoms with Gasteiger partial charge in [-0.1, -0.05) is 25.5 Å². The van der Waals surface area contributed by atoms with Gasteiger partial charge in [-0.05, 0) is 37.4 Å². The molecule has 0 aliphatic heterocycles. The number of benzene rings is 1. The molecule has 1 unspecified atom stereocenters. The molecular formula is C16H23N3O2. The fourth-order valence-electron chi connectivity index (χ4n) is 2.14. The third kappa shape index (κ3) is 4.56. The minimum absolute atomic E-state index is 0.0982. The van der Waals surface area contributed by atoms with Crippen molar-refractivity contribution < 1.29 is 9.59 Å². The van der Waals surface area contributed by atoms with Gasteiger partial charge >= 0.3 is 0 Å². The van der Waals surface area contributed by atoms with E-state index in [0.717, 1.165) is 19.3 Å². The smallest absolute Gasteiger partial charge is 0.253 e. The molecule has 21 heavy (non-hydrogen) atoms. The molecule has 1 aliphatic carbocycles. The summed E-state index contributed by atoms with van der Waals surface area (Å²) < 4.78 is 0. The summed E-state index contributed by atoms with van der Waals surface area (Å²) >= 11 is 0. The Morgan fingerprint density at radius 3 is 2.67 bits per heavy atom. The van der Waals surface area contributed by atoms with Crippen molar-refractivity contribution in [3.05, 3.63) is 29.8 Å². The Balaban J connectivity index is 2.01. The number of nitrogens with two attached hydrogens (primary N) is 1. The number of hydrogen-bond donors (Lipinski definition) is 3. The van der Waals surface area contributed by atoms with Gasteiger partial charge in [0, 0.05) is 12.5 Å². The second-order valence-corrected chi connectivity index (χ2v) is 5.56. The molecule has 0 heterocycles. The number of amides is 2. The van der Waals surface area contributed by atoms with Crippen molar-refractivity contribution in [1.82, 2.24) is 5.32 Å². The fraction of sp³-hybridized carbons (Fsp3) is 0.500. The molecule has 1 aromatic rings. The first-order valence-corrected chi connectivity index (χ1v) is 7.53. The van der Waals surface area contributed by atoms with Crippen LogP contribution in [0, 0.1) is 5.92 Å². The highest BCUT2D eigenvalue weighted by Gasteiger charge is 2.25. The number of para-hydroxylation sites is 1. The van der Waals surface area contributed by atoms with E-state index in [1.807, 2.05) is 13.0 Å².